The van der Waals surface area contributed by atoms with Gasteiger partial charge in [-0.25, -0.2) is 9.37 Å². The van der Waals surface area contributed by atoms with Gasteiger partial charge in [-0.15, -0.1) is 11.3 Å². The summed E-state index contributed by atoms with van der Waals surface area (Å²) in [5.41, 5.74) is 2.41. The number of hydrogen-bond acceptors (Lipinski definition) is 4. The van der Waals surface area contributed by atoms with Gasteiger partial charge in [0.25, 0.3) is 0 Å². The predicted octanol–water partition coefficient (Wildman–Crippen LogP) is 3.26. The van der Waals surface area contributed by atoms with E-state index in [1.807, 2.05) is 0 Å². The van der Waals surface area contributed by atoms with Gasteiger partial charge in [0.1, 0.15) is 17.1 Å². The van der Waals surface area contributed by atoms with E-state index >= 15 is 0 Å². The Labute approximate surface area is 99.5 Å². The maximum atomic E-state index is 13.0. The first-order valence-corrected chi connectivity index (χ1v) is 5.80. The summed E-state index contributed by atoms with van der Waals surface area (Å²) in [5, 5.41) is 2.22. The molecule has 0 saturated carbocycles. The van der Waals surface area contributed by atoms with Crippen LogP contribution in [0.5, 0.6) is 0 Å². The summed E-state index contributed by atoms with van der Waals surface area (Å²) in [6.07, 6.45) is 0. The van der Waals surface area contributed by atoms with E-state index in [-0.39, 0.29) is 17.4 Å². The summed E-state index contributed by atoms with van der Waals surface area (Å²) in [5.74, 6) is -0.467. The molecule has 3 rings (SSSR count). The number of fused-ring (bicyclic) bond motifs is 1. The third kappa shape index (κ3) is 1.74. The predicted molar refractivity (Wildman–Crippen MR) is 61.7 cm³/mol. The maximum Gasteiger partial charge on any atom is 0.247 e. The Morgan fingerprint density at radius 2 is 2.24 bits per heavy atom. The van der Waals surface area contributed by atoms with E-state index < -0.39 is 0 Å². The molecule has 2 heterocycles. The van der Waals surface area contributed by atoms with Crippen LogP contribution in [0.4, 0.5) is 4.39 Å². The highest BCUT2D eigenvalue weighted by atomic mass is 32.1. The fourth-order valence-corrected chi connectivity index (χ4v) is 2.11. The normalized spacial score (nSPS) is 10.9. The van der Waals surface area contributed by atoms with Crippen molar-refractivity contribution in [3.8, 4) is 0 Å². The van der Waals surface area contributed by atoms with Crippen molar-refractivity contribution in [1.29, 1.82) is 0 Å². The second kappa shape index (κ2) is 3.78. The molecule has 0 atom stereocenters. The van der Waals surface area contributed by atoms with Crippen molar-refractivity contribution in [1.82, 2.24) is 4.98 Å². The molecular formula is C12H6FNO2S. The molecule has 3 nitrogen and oxygen atoms in total. The number of nitrogens with zero attached hydrogens (tertiary/aromatic N) is 1. The number of thiazole rings is 1. The molecule has 84 valence electrons. The van der Waals surface area contributed by atoms with E-state index in [1.165, 1.54) is 35.6 Å². The van der Waals surface area contributed by atoms with Crippen molar-refractivity contribution >= 4 is 28.1 Å². The Morgan fingerprint density at radius 1 is 1.35 bits per heavy atom. The monoisotopic (exact) mass is 247 g/mol. The van der Waals surface area contributed by atoms with Crippen LogP contribution in [0.1, 0.15) is 16.2 Å². The van der Waals surface area contributed by atoms with Crippen LogP contribution < -0.4 is 0 Å². The lowest BCUT2D eigenvalue weighted by Crippen LogP contribution is -1.98. The molecule has 17 heavy (non-hydrogen) atoms. The molecule has 0 aliphatic carbocycles. The van der Waals surface area contributed by atoms with Crippen molar-refractivity contribution in [2.45, 2.75) is 0 Å². The van der Waals surface area contributed by atoms with Crippen LogP contribution in [0.2, 0.25) is 0 Å². The van der Waals surface area contributed by atoms with E-state index in [0.717, 1.165) is 0 Å². The number of carbonyl (C=O) groups excluding carboxylic acids is 1. The van der Waals surface area contributed by atoms with Gasteiger partial charge in [0.2, 0.25) is 5.78 Å². The SMILES string of the molecule is O=C(c1cscn1)c1cc2cc(F)ccc2o1. The zero-order valence-corrected chi connectivity index (χ0v) is 9.33. The largest absolute Gasteiger partial charge is 0.453 e. The number of halogens is 1. The molecule has 5 heteroatoms. The van der Waals surface area contributed by atoms with Gasteiger partial charge >= 0.3 is 0 Å². The number of aromatic nitrogens is 1. The lowest BCUT2D eigenvalue weighted by Gasteiger charge is -1.89. The minimum absolute atomic E-state index is 0.177. The Kier molecular flexibility index (Phi) is 2.26. The fraction of sp³-hybridized carbons (Fsp3) is 0. The van der Waals surface area contributed by atoms with E-state index in [4.69, 9.17) is 4.42 Å². The van der Waals surface area contributed by atoms with Crippen molar-refractivity contribution in [2.24, 2.45) is 0 Å². The molecular weight excluding hydrogens is 241 g/mol. The molecule has 0 aliphatic rings. The first-order chi connectivity index (χ1) is 8.24. The van der Waals surface area contributed by atoms with Crippen molar-refractivity contribution < 1.29 is 13.6 Å². The summed E-state index contributed by atoms with van der Waals surface area (Å²) in [6, 6.07) is 5.65. The average molecular weight is 247 g/mol. The summed E-state index contributed by atoms with van der Waals surface area (Å²) in [4.78, 5) is 15.8. The van der Waals surface area contributed by atoms with Gasteiger partial charge in [-0.05, 0) is 24.3 Å². The van der Waals surface area contributed by atoms with Crippen molar-refractivity contribution in [3.05, 3.63) is 52.4 Å². The Hall–Kier alpha value is -2.01. The summed E-state index contributed by atoms with van der Waals surface area (Å²) in [6.45, 7) is 0. The molecule has 0 aliphatic heterocycles. The van der Waals surface area contributed by atoms with E-state index in [1.54, 1.807) is 10.9 Å². The van der Waals surface area contributed by atoms with Crippen LogP contribution in [-0.4, -0.2) is 10.8 Å². The van der Waals surface area contributed by atoms with Crippen LogP contribution in [0, 0.1) is 5.82 Å². The van der Waals surface area contributed by atoms with E-state index in [2.05, 4.69) is 4.98 Å². The lowest BCUT2D eigenvalue weighted by molar-refractivity contribution is 0.101. The third-order valence-corrected chi connectivity index (χ3v) is 2.95. The molecule has 0 amide bonds. The summed E-state index contributed by atoms with van der Waals surface area (Å²) < 4.78 is 18.3. The zero-order chi connectivity index (χ0) is 11.8. The van der Waals surface area contributed by atoms with Gasteiger partial charge in [0, 0.05) is 10.8 Å². The number of ketones is 1. The molecule has 0 saturated heterocycles. The highest BCUT2D eigenvalue weighted by Crippen LogP contribution is 2.22. The molecule has 0 spiro atoms. The topological polar surface area (TPSA) is 43.1 Å². The second-order valence-electron chi connectivity index (χ2n) is 3.50. The third-order valence-electron chi connectivity index (χ3n) is 2.37. The number of benzene rings is 1. The molecule has 0 bridgehead atoms. The lowest BCUT2D eigenvalue weighted by atomic mass is 10.2. The van der Waals surface area contributed by atoms with E-state index in [9.17, 15) is 9.18 Å². The van der Waals surface area contributed by atoms with Crippen LogP contribution >= 0.6 is 11.3 Å². The smallest absolute Gasteiger partial charge is 0.247 e. The Balaban J connectivity index is 2.09. The molecule has 0 N–H and O–H groups in total. The highest BCUT2D eigenvalue weighted by molar-refractivity contribution is 7.07. The van der Waals surface area contributed by atoms with Crippen LogP contribution in [-0.2, 0) is 0 Å². The number of furan rings is 1. The quantitative estimate of drug-likeness (QED) is 0.653. The molecule has 2 aromatic heterocycles. The van der Waals surface area contributed by atoms with Gasteiger partial charge in [-0.1, -0.05) is 0 Å². The molecule has 0 radical (unpaired) electrons. The number of rotatable bonds is 2. The number of carbonyl (C=O) groups is 1. The van der Waals surface area contributed by atoms with Gasteiger partial charge in [0.05, 0.1) is 5.51 Å². The zero-order valence-electron chi connectivity index (χ0n) is 8.51. The van der Waals surface area contributed by atoms with Crippen LogP contribution in [0.3, 0.4) is 0 Å². The number of hydrogen-bond donors (Lipinski definition) is 0. The standard InChI is InChI=1S/C12H6FNO2S/c13-8-1-2-10-7(3-8)4-11(16-10)12(15)9-5-17-6-14-9/h1-6H. The second-order valence-corrected chi connectivity index (χ2v) is 4.21. The summed E-state index contributed by atoms with van der Waals surface area (Å²) in [7, 11) is 0. The van der Waals surface area contributed by atoms with Crippen molar-refractivity contribution in [2.75, 3.05) is 0 Å². The highest BCUT2D eigenvalue weighted by Gasteiger charge is 2.16. The first kappa shape index (κ1) is 10.2. The molecule has 3 aromatic rings. The van der Waals surface area contributed by atoms with E-state index in [0.29, 0.717) is 16.7 Å². The fourth-order valence-electron chi connectivity index (χ4n) is 1.58. The van der Waals surface area contributed by atoms with Gasteiger partial charge in [-0.2, -0.15) is 0 Å². The molecule has 0 unspecified atom stereocenters. The van der Waals surface area contributed by atoms with Crippen LogP contribution in [0.15, 0.2) is 39.6 Å². The minimum atomic E-state index is -0.356. The maximum absolute atomic E-state index is 13.0. The van der Waals surface area contributed by atoms with Gasteiger partial charge < -0.3 is 4.42 Å². The van der Waals surface area contributed by atoms with Gasteiger partial charge in [0.15, 0.2) is 5.76 Å². The van der Waals surface area contributed by atoms with Crippen molar-refractivity contribution in [3.63, 3.8) is 0 Å². The first-order valence-electron chi connectivity index (χ1n) is 4.86. The average Bonchev–Trinajstić information content (AvgIpc) is 2.96. The summed E-state index contributed by atoms with van der Waals surface area (Å²) >= 11 is 1.34. The Morgan fingerprint density at radius 3 is 3.00 bits per heavy atom. The Bertz CT molecular complexity index is 688. The minimum Gasteiger partial charge on any atom is -0.453 e. The van der Waals surface area contributed by atoms with Gasteiger partial charge in [-0.3, -0.25) is 4.79 Å². The van der Waals surface area contributed by atoms with Crippen LogP contribution in [0.25, 0.3) is 11.0 Å². The molecule has 0 fully saturated rings. The molecule has 1 aromatic carbocycles.